The quantitative estimate of drug-likeness (QED) is 0.406. The van der Waals surface area contributed by atoms with Gasteiger partial charge in [-0.3, -0.25) is 9.59 Å². The lowest BCUT2D eigenvalue weighted by Gasteiger charge is -2.19. The van der Waals surface area contributed by atoms with Crippen molar-refractivity contribution < 1.29 is 23.8 Å². The Morgan fingerprint density at radius 1 is 0.818 bits per heavy atom. The molecule has 130 valence electrons. The van der Waals surface area contributed by atoms with Crippen molar-refractivity contribution in [1.82, 2.24) is 0 Å². The number of rotatable bonds is 12. The summed E-state index contributed by atoms with van der Waals surface area (Å²) in [5, 5.41) is 0. The molecule has 5 nitrogen and oxygen atoms in total. The minimum absolute atomic E-state index is 0.174. The topological polar surface area (TPSA) is 61.8 Å². The van der Waals surface area contributed by atoms with Gasteiger partial charge in [-0.25, -0.2) is 0 Å². The van der Waals surface area contributed by atoms with Gasteiger partial charge in [0.2, 0.25) is 0 Å². The van der Waals surface area contributed by atoms with Gasteiger partial charge < -0.3 is 14.2 Å². The molecule has 0 aliphatic carbocycles. The average molecular weight is 316 g/mol. The fraction of sp³-hybridized carbons (Fsp3) is 0.882. The second kappa shape index (κ2) is 12.4. The van der Waals surface area contributed by atoms with Gasteiger partial charge in [0.25, 0.3) is 0 Å². The van der Waals surface area contributed by atoms with E-state index in [2.05, 4.69) is 6.92 Å². The van der Waals surface area contributed by atoms with Crippen LogP contribution in [0, 0.1) is 0 Å². The third kappa shape index (κ3) is 15.3. The molecule has 0 N–H and O–H groups in total. The van der Waals surface area contributed by atoms with Crippen LogP contribution >= 0.6 is 0 Å². The van der Waals surface area contributed by atoms with Crippen LogP contribution in [-0.4, -0.2) is 37.4 Å². The molecule has 0 aliphatic rings. The molecule has 22 heavy (non-hydrogen) atoms. The van der Waals surface area contributed by atoms with Crippen LogP contribution in [0.2, 0.25) is 0 Å². The highest BCUT2D eigenvalue weighted by molar-refractivity contribution is 5.70. The summed E-state index contributed by atoms with van der Waals surface area (Å²) in [5.41, 5.74) is -0.469. The van der Waals surface area contributed by atoms with E-state index >= 15 is 0 Å². The van der Waals surface area contributed by atoms with Gasteiger partial charge in [-0.15, -0.1) is 0 Å². The lowest BCUT2D eigenvalue weighted by Crippen LogP contribution is -2.24. The van der Waals surface area contributed by atoms with Gasteiger partial charge in [0, 0.05) is 6.42 Å². The molecule has 0 spiro atoms. The predicted octanol–water partition coefficient (Wildman–Crippen LogP) is 3.64. The van der Waals surface area contributed by atoms with Crippen molar-refractivity contribution in [3.63, 3.8) is 0 Å². The van der Waals surface area contributed by atoms with E-state index < -0.39 is 5.60 Å². The first-order valence-electron chi connectivity index (χ1n) is 8.30. The maximum atomic E-state index is 11.4. The Bertz CT molecular complexity index is 307. The molecule has 0 unspecified atom stereocenters. The minimum atomic E-state index is -0.469. The molecule has 0 heterocycles. The maximum Gasteiger partial charge on any atom is 0.308 e. The Hall–Kier alpha value is -1.10. The summed E-state index contributed by atoms with van der Waals surface area (Å²) >= 11 is 0. The van der Waals surface area contributed by atoms with Gasteiger partial charge in [0.05, 0.1) is 19.6 Å². The van der Waals surface area contributed by atoms with Crippen LogP contribution in [-0.2, 0) is 23.8 Å². The summed E-state index contributed by atoms with van der Waals surface area (Å²) in [4.78, 5) is 22.8. The summed E-state index contributed by atoms with van der Waals surface area (Å²) in [6.07, 6.45) is 6.25. The standard InChI is InChI=1S/C17H32O5/c1-5-6-7-8-9-10-15(18)21-14-13-20-12-11-16(19)22-17(2,3)4/h5-14H2,1-4H3. The van der Waals surface area contributed by atoms with Gasteiger partial charge in [0.1, 0.15) is 12.2 Å². The number of carbonyl (C=O) groups excluding carboxylic acids is 2. The lowest BCUT2D eigenvalue weighted by molar-refractivity contribution is -0.156. The van der Waals surface area contributed by atoms with Crippen LogP contribution < -0.4 is 0 Å². The van der Waals surface area contributed by atoms with E-state index in [1.807, 2.05) is 20.8 Å². The Kier molecular flexibility index (Phi) is 11.8. The molecule has 0 aromatic heterocycles. The summed E-state index contributed by atoms with van der Waals surface area (Å²) in [6.45, 7) is 8.47. The van der Waals surface area contributed by atoms with E-state index in [0.717, 1.165) is 12.8 Å². The Balaban J connectivity index is 3.38. The number of hydrogen-bond acceptors (Lipinski definition) is 5. The van der Waals surface area contributed by atoms with Crippen molar-refractivity contribution in [3.8, 4) is 0 Å². The van der Waals surface area contributed by atoms with Crippen LogP contribution in [0.4, 0.5) is 0 Å². The lowest BCUT2D eigenvalue weighted by atomic mass is 10.1. The predicted molar refractivity (Wildman–Crippen MR) is 85.6 cm³/mol. The first-order chi connectivity index (χ1) is 10.3. The molecule has 0 aromatic carbocycles. The molecule has 5 heteroatoms. The molecule has 0 amide bonds. The zero-order valence-electron chi connectivity index (χ0n) is 14.6. The maximum absolute atomic E-state index is 11.4. The molecule has 0 aliphatic heterocycles. The molecule has 0 saturated heterocycles. The number of ether oxygens (including phenoxy) is 3. The first kappa shape index (κ1) is 20.9. The van der Waals surface area contributed by atoms with Gasteiger partial charge in [-0.05, 0) is 27.2 Å². The van der Waals surface area contributed by atoms with Crippen molar-refractivity contribution in [2.45, 2.75) is 78.2 Å². The second-order valence-corrected chi connectivity index (χ2v) is 6.33. The van der Waals surface area contributed by atoms with E-state index in [9.17, 15) is 9.59 Å². The first-order valence-corrected chi connectivity index (χ1v) is 8.30. The van der Waals surface area contributed by atoms with Crippen LogP contribution in [0.3, 0.4) is 0 Å². The van der Waals surface area contributed by atoms with Crippen molar-refractivity contribution in [2.24, 2.45) is 0 Å². The Morgan fingerprint density at radius 2 is 1.50 bits per heavy atom. The smallest absolute Gasteiger partial charge is 0.308 e. The number of esters is 2. The van der Waals surface area contributed by atoms with Crippen LogP contribution in [0.5, 0.6) is 0 Å². The van der Waals surface area contributed by atoms with Crippen molar-refractivity contribution in [1.29, 1.82) is 0 Å². The van der Waals surface area contributed by atoms with Gasteiger partial charge >= 0.3 is 11.9 Å². The van der Waals surface area contributed by atoms with Gasteiger partial charge in [-0.1, -0.05) is 32.6 Å². The highest BCUT2D eigenvalue weighted by Crippen LogP contribution is 2.08. The third-order valence-electron chi connectivity index (χ3n) is 2.85. The number of unbranched alkanes of at least 4 members (excludes halogenated alkanes) is 4. The highest BCUT2D eigenvalue weighted by Gasteiger charge is 2.15. The molecule has 0 atom stereocenters. The largest absolute Gasteiger partial charge is 0.463 e. The Labute approximate surface area is 134 Å². The summed E-state index contributed by atoms with van der Waals surface area (Å²) in [6, 6.07) is 0. The van der Waals surface area contributed by atoms with Gasteiger partial charge in [-0.2, -0.15) is 0 Å². The second-order valence-electron chi connectivity index (χ2n) is 6.33. The molecule has 0 saturated carbocycles. The fourth-order valence-corrected chi connectivity index (χ4v) is 1.81. The zero-order chi connectivity index (χ0) is 16.8. The highest BCUT2D eigenvalue weighted by atomic mass is 16.6. The van der Waals surface area contributed by atoms with Crippen LogP contribution in [0.15, 0.2) is 0 Å². The zero-order valence-corrected chi connectivity index (χ0v) is 14.6. The molecule has 0 radical (unpaired) electrons. The molecule has 0 rings (SSSR count). The molecule has 0 bridgehead atoms. The van der Waals surface area contributed by atoms with E-state index in [-0.39, 0.29) is 31.6 Å². The average Bonchev–Trinajstić information content (AvgIpc) is 2.40. The molecule has 0 aromatic rings. The monoisotopic (exact) mass is 316 g/mol. The number of hydrogen-bond donors (Lipinski definition) is 0. The summed E-state index contributed by atoms with van der Waals surface area (Å²) in [7, 11) is 0. The van der Waals surface area contributed by atoms with E-state index in [0.29, 0.717) is 13.0 Å². The van der Waals surface area contributed by atoms with Crippen molar-refractivity contribution >= 4 is 11.9 Å². The SMILES string of the molecule is CCCCCCCC(=O)OCCOCCC(=O)OC(C)(C)C. The Morgan fingerprint density at radius 3 is 2.14 bits per heavy atom. The molecular formula is C17H32O5. The van der Waals surface area contributed by atoms with E-state index in [1.54, 1.807) is 0 Å². The van der Waals surface area contributed by atoms with Crippen molar-refractivity contribution in [2.75, 3.05) is 19.8 Å². The normalized spacial score (nSPS) is 11.3. The van der Waals surface area contributed by atoms with Crippen molar-refractivity contribution in [3.05, 3.63) is 0 Å². The van der Waals surface area contributed by atoms with E-state index in [1.165, 1.54) is 19.3 Å². The fourth-order valence-electron chi connectivity index (χ4n) is 1.81. The van der Waals surface area contributed by atoms with E-state index in [4.69, 9.17) is 14.2 Å². The minimum Gasteiger partial charge on any atom is -0.463 e. The molecule has 0 fully saturated rings. The third-order valence-corrected chi connectivity index (χ3v) is 2.85. The molecular weight excluding hydrogens is 284 g/mol. The van der Waals surface area contributed by atoms with Gasteiger partial charge in [0.15, 0.2) is 0 Å². The summed E-state index contributed by atoms with van der Waals surface area (Å²) in [5.74, 6) is -0.455. The van der Waals surface area contributed by atoms with Crippen LogP contribution in [0.1, 0.15) is 72.6 Å². The number of carbonyl (C=O) groups is 2. The van der Waals surface area contributed by atoms with Crippen LogP contribution in [0.25, 0.3) is 0 Å². The summed E-state index contributed by atoms with van der Waals surface area (Å²) < 4.78 is 15.5.